The van der Waals surface area contributed by atoms with Crippen molar-refractivity contribution >= 4 is 17.2 Å². The highest BCUT2D eigenvalue weighted by molar-refractivity contribution is 7.12. The maximum absolute atomic E-state index is 12.5. The molecular weight excluding hydrogens is 276 g/mol. The van der Waals surface area contributed by atoms with Crippen LogP contribution in [0.3, 0.4) is 0 Å². The van der Waals surface area contributed by atoms with Gasteiger partial charge in [0.1, 0.15) is 5.69 Å². The van der Waals surface area contributed by atoms with Crippen molar-refractivity contribution in [1.82, 2.24) is 19.9 Å². The predicted molar refractivity (Wildman–Crippen MR) is 74.7 cm³/mol. The first-order valence-electron chi connectivity index (χ1n) is 6.41. The monoisotopic (exact) mass is 292 g/mol. The van der Waals surface area contributed by atoms with Gasteiger partial charge in [-0.15, -0.1) is 16.4 Å². The number of carbonyl (C=O) groups is 1. The van der Waals surface area contributed by atoms with Crippen molar-refractivity contribution in [3.63, 3.8) is 0 Å². The number of hydrogen-bond donors (Lipinski definition) is 0. The van der Waals surface area contributed by atoms with Crippen molar-refractivity contribution in [1.29, 1.82) is 0 Å². The summed E-state index contributed by atoms with van der Waals surface area (Å²) in [5.41, 5.74) is 1.94. The minimum Gasteiger partial charge on any atom is -0.384 e. The van der Waals surface area contributed by atoms with E-state index in [-0.39, 0.29) is 11.8 Å². The van der Waals surface area contributed by atoms with E-state index in [9.17, 15) is 4.79 Å². The molecule has 0 saturated carbocycles. The summed E-state index contributed by atoms with van der Waals surface area (Å²) in [6.45, 7) is 1.71. The van der Waals surface area contributed by atoms with Gasteiger partial charge >= 0.3 is 0 Å². The standard InChI is InChI=1S/C13H16N4O2S/c1-16-12-9(8-19-2)6-17(7-10(12)14-15-16)13(18)11-4-3-5-20-11/h3-5,9H,6-8H2,1-2H3/t9-/m0/s1. The smallest absolute Gasteiger partial charge is 0.264 e. The van der Waals surface area contributed by atoms with Crippen LogP contribution >= 0.6 is 11.3 Å². The predicted octanol–water partition coefficient (Wildman–Crippen LogP) is 1.26. The second kappa shape index (κ2) is 5.34. The quantitative estimate of drug-likeness (QED) is 0.854. The van der Waals surface area contributed by atoms with Crippen LogP contribution in [-0.2, 0) is 18.3 Å². The first kappa shape index (κ1) is 13.3. The van der Waals surface area contributed by atoms with E-state index in [0.717, 1.165) is 16.3 Å². The number of carbonyl (C=O) groups excluding carboxylic acids is 1. The largest absolute Gasteiger partial charge is 0.384 e. The molecule has 0 spiro atoms. The van der Waals surface area contributed by atoms with Crippen LogP contribution in [0.25, 0.3) is 0 Å². The van der Waals surface area contributed by atoms with E-state index in [0.29, 0.717) is 19.7 Å². The minimum absolute atomic E-state index is 0.0532. The summed E-state index contributed by atoms with van der Waals surface area (Å²) in [6, 6.07) is 3.74. The number of ether oxygens (including phenoxy) is 1. The lowest BCUT2D eigenvalue weighted by Crippen LogP contribution is -2.39. The van der Waals surface area contributed by atoms with Crippen LogP contribution in [0.1, 0.15) is 27.0 Å². The van der Waals surface area contributed by atoms with Crippen LogP contribution in [0.2, 0.25) is 0 Å². The molecule has 7 heteroatoms. The Hall–Kier alpha value is -1.73. The number of aryl methyl sites for hydroxylation is 1. The lowest BCUT2D eigenvalue weighted by atomic mass is 9.99. The zero-order chi connectivity index (χ0) is 14.1. The molecule has 0 aliphatic carbocycles. The zero-order valence-corrected chi connectivity index (χ0v) is 12.3. The van der Waals surface area contributed by atoms with E-state index in [1.54, 1.807) is 11.8 Å². The Kier molecular flexibility index (Phi) is 3.54. The van der Waals surface area contributed by atoms with Crippen LogP contribution in [0, 0.1) is 0 Å². The lowest BCUT2D eigenvalue weighted by molar-refractivity contribution is 0.0678. The van der Waals surface area contributed by atoms with Crippen molar-refractivity contribution in [2.45, 2.75) is 12.5 Å². The number of nitrogens with zero attached hydrogens (tertiary/aromatic N) is 4. The van der Waals surface area contributed by atoms with Crippen molar-refractivity contribution in [2.75, 3.05) is 20.3 Å². The van der Waals surface area contributed by atoms with Gasteiger partial charge in [0.25, 0.3) is 5.91 Å². The van der Waals surface area contributed by atoms with E-state index in [2.05, 4.69) is 10.3 Å². The van der Waals surface area contributed by atoms with Gasteiger partial charge in [0.2, 0.25) is 0 Å². The van der Waals surface area contributed by atoms with E-state index in [4.69, 9.17) is 4.74 Å². The number of rotatable bonds is 3. The summed E-state index contributed by atoms with van der Waals surface area (Å²) in [6.07, 6.45) is 0. The second-order valence-corrected chi connectivity index (χ2v) is 5.81. The van der Waals surface area contributed by atoms with Gasteiger partial charge in [-0.3, -0.25) is 9.48 Å². The number of thiophene rings is 1. The van der Waals surface area contributed by atoms with Gasteiger partial charge < -0.3 is 9.64 Å². The first-order chi connectivity index (χ1) is 9.70. The molecule has 6 nitrogen and oxygen atoms in total. The molecule has 2 aromatic heterocycles. The molecule has 0 unspecified atom stereocenters. The molecule has 106 valence electrons. The van der Waals surface area contributed by atoms with Crippen molar-refractivity contribution in [3.05, 3.63) is 33.8 Å². The molecule has 0 bridgehead atoms. The number of fused-ring (bicyclic) bond motifs is 1. The van der Waals surface area contributed by atoms with E-state index in [1.807, 2.05) is 29.5 Å². The van der Waals surface area contributed by atoms with Crippen molar-refractivity contribution < 1.29 is 9.53 Å². The summed E-state index contributed by atoms with van der Waals surface area (Å²) >= 11 is 1.46. The van der Waals surface area contributed by atoms with Crippen molar-refractivity contribution in [3.8, 4) is 0 Å². The molecule has 3 heterocycles. The zero-order valence-electron chi connectivity index (χ0n) is 11.4. The topological polar surface area (TPSA) is 60.2 Å². The third kappa shape index (κ3) is 2.23. The van der Waals surface area contributed by atoms with Crippen LogP contribution in [0.4, 0.5) is 0 Å². The highest BCUT2D eigenvalue weighted by Gasteiger charge is 2.32. The number of amides is 1. The molecule has 1 atom stereocenters. The molecule has 1 aliphatic heterocycles. The van der Waals surface area contributed by atoms with E-state index in [1.165, 1.54) is 11.3 Å². The molecule has 2 aromatic rings. The molecule has 1 aliphatic rings. The lowest BCUT2D eigenvalue weighted by Gasteiger charge is -2.31. The highest BCUT2D eigenvalue weighted by Crippen LogP contribution is 2.28. The Balaban J connectivity index is 1.88. The van der Waals surface area contributed by atoms with Crippen LogP contribution in [0.15, 0.2) is 17.5 Å². The Morgan fingerprint density at radius 2 is 2.45 bits per heavy atom. The number of hydrogen-bond acceptors (Lipinski definition) is 5. The minimum atomic E-state index is 0.0532. The third-order valence-electron chi connectivity index (χ3n) is 3.50. The summed E-state index contributed by atoms with van der Waals surface area (Å²) in [4.78, 5) is 15.1. The summed E-state index contributed by atoms with van der Waals surface area (Å²) in [7, 11) is 3.55. The second-order valence-electron chi connectivity index (χ2n) is 4.86. The average Bonchev–Trinajstić information content (AvgIpc) is 3.08. The van der Waals surface area contributed by atoms with Gasteiger partial charge in [-0.1, -0.05) is 11.3 Å². The molecule has 1 amide bonds. The fraction of sp³-hybridized carbons (Fsp3) is 0.462. The SMILES string of the molecule is COC[C@@H]1CN(C(=O)c2cccs2)Cc2nnn(C)c21. The molecule has 0 N–H and O–H groups in total. The molecular formula is C13H16N4O2S. The molecule has 0 aromatic carbocycles. The van der Waals surface area contributed by atoms with Crippen LogP contribution in [-0.4, -0.2) is 46.1 Å². The third-order valence-corrected chi connectivity index (χ3v) is 4.36. The summed E-state index contributed by atoms with van der Waals surface area (Å²) in [5, 5.41) is 10.1. The molecule has 3 rings (SSSR count). The van der Waals surface area contributed by atoms with Gasteiger partial charge in [0, 0.05) is 26.6 Å². The van der Waals surface area contributed by atoms with Gasteiger partial charge in [0.05, 0.1) is 23.7 Å². The maximum Gasteiger partial charge on any atom is 0.264 e. The van der Waals surface area contributed by atoms with Gasteiger partial charge in [0.15, 0.2) is 0 Å². The molecule has 0 saturated heterocycles. The Morgan fingerprint density at radius 1 is 1.60 bits per heavy atom. The molecule has 20 heavy (non-hydrogen) atoms. The normalized spacial score (nSPS) is 18.1. The van der Waals surface area contributed by atoms with Crippen LogP contribution < -0.4 is 0 Å². The Bertz CT molecular complexity index is 608. The Labute approximate surface area is 121 Å². The maximum atomic E-state index is 12.5. The van der Waals surface area contributed by atoms with E-state index < -0.39 is 0 Å². The first-order valence-corrected chi connectivity index (χ1v) is 7.29. The summed E-state index contributed by atoms with van der Waals surface area (Å²) in [5.74, 6) is 0.171. The van der Waals surface area contributed by atoms with Gasteiger partial charge in [-0.25, -0.2) is 0 Å². The number of methoxy groups -OCH3 is 1. The van der Waals surface area contributed by atoms with Crippen LogP contribution in [0.5, 0.6) is 0 Å². The summed E-state index contributed by atoms with van der Waals surface area (Å²) < 4.78 is 7.06. The van der Waals surface area contributed by atoms with E-state index >= 15 is 0 Å². The highest BCUT2D eigenvalue weighted by atomic mass is 32.1. The van der Waals surface area contributed by atoms with Gasteiger partial charge in [-0.2, -0.15) is 0 Å². The Morgan fingerprint density at radius 3 is 3.15 bits per heavy atom. The fourth-order valence-electron chi connectivity index (χ4n) is 2.66. The molecule has 0 fully saturated rings. The number of aromatic nitrogens is 3. The average molecular weight is 292 g/mol. The van der Waals surface area contributed by atoms with Crippen molar-refractivity contribution in [2.24, 2.45) is 7.05 Å². The fourth-order valence-corrected chi connectivity index (χ4v) is 3.35. The molecule has 0 radical (unpaired) electrons. The van der Waals surface area contributed by atoms with Gasteiger partial charge in [-0.05, 0) is 11.4 Å².